The van der Waals surface area contributed by atoms with Crippen LogP contribution in [0.15, 0.2) is 200 Å². The lowest BCUT2D eigenvalue weighted by atomic mass is 9.80. The monoisotopic (exact) mass is 779 g/mol. The third-order valence-electron chi connectivity index (χ3n) is 14.0. The van der Waals surface area contributed by atoms with Crippen LogP contribution in [0.5, 0.6) is 0 Å². The summed E-state index contributed by atoms with van der Waals surface area (Å²) >= 11 is 0. The molecule has 61 heavy (non-hydrogen) atoms. The van der Waals surface area contributed by atoms with E-state index in [-0.39, 0.29) is 10.8 Å². The number of rotatable bonds is 5. The van der Waals surface area contributed by atoms with E-state index in [9.17, 15) is 0 Å². The highest BCUT2D eigenvalue weighted by atomic mass is 15.1. The Morgan fingerprint density at radius 3 is 1.18 bits per heavy atom. The van der Waals surface area contributed by atoms with Crippen LogP contribution in [0.1, 0.15) is 49.9 Å². The zero-order valence-electron chi connectivity index (χ0n) is 35.0. The molecule has 0 heterocycles. The molecular weight excluding hydrogens is 735 g/mol. The first-order valence-electron chi connectivity index (χ1n) is 21.6. The molecule has 0 radical (unpaired) electrons. The molecule has 0 aromatic heterocycles. The largest absolute Gasteiger partial charge is 0.310 e. The Hall–Kier alpha value is -7.22. The molecule has 0 amide bonds. The predicted octanol–water partition coefficient (Wildman–Crippen LogP) is 16.6. The summed E-state index contributed by atoms with van der Waals surface area (Å²) in [6.45, 7) is 9.53. The van der Waals surface area contributed by atoms with E-state index in [1.165, 1.54) is 99.1 Å². The van der Waals surface area contributed by atoms with Gasteiger partial charge in [0, 0.05) is 27.9 Å². The SMILES string of the molecule is CC1(C)c2ccccc2-c2ccc(-c3cc4c5ccccc5c(-c5ccc6c(c5)C(C)(C)c5cc(N(c7ccccc7)c7ccccc7)ccc5-6)cc4c4ccccc34)cc21. The third kappa shape index (κ3) is 5.26. The Labute approximate surface area is 358 Å². The number of anilines is 3. The molecule has 0 saturated carbocycles. The van der Waals surface area contributed by atoms with Crippen LogP contribution in [-0.4, -0.2) is 0 Å². The number of hydrogen-bond acceptors (Lipinski definition) is 1. The fourth-order valence-corrected chi connectivity index (χ4v) is 10.9. The van der Waals surface area contributed by atoms with Crippen molar-refractivity contribution in [2.75, 3.05) is 4.90 Å². The van der Waals surface area contributed by atoms with Crippen LogP contribution < -0.4 is 4.90 Å². The Kier molecular flexibility index (Phi) is 7.69. The molecule has 1 heteroatoms. The summed E-state index contributed by atoms with van der Waals surface area (Å²) in [5.74, 6) is 0. The minimum absolute atomic E-state index is 0.0606. The summed E-state index contributed by atoms with van der Waals surface area (Å²) in [6, 6.07) is 74.7. The van der Waals surface area contributed by atoms with Gasteiger partial charge in [-0.25, -0.2) is 0 Å². The van der Waals surface area contributed by atoms with Crippen molar-refractivity contribution in [2.45, 2.75) is 38.5 Å². The summed E-state index contributed by atoms with van der Waals surface area (Å²) in [5.41, 5.74) is 19.2. The van der Waals surface area contributed by atoms with E-state index in [0.29, 0.717) is 0 Å². The Morgan fingerprint density at radius 1 is 0.262 bits per heavy atom. The highest BCUT2D eigenvalue weighted by Crippen LogP contribution is 2.53. The maximum atomic E-state index is 2.48. The second-order valence-corrected chi connectivity index (χ2v) is 18.1. The first kappa shape index (κ1) is 35.7. The van der Waals surface area contributed by atoms with Crippen molar-refractivity contribution in [3.05, 3.63) is 222 Å². The lowest BCUT2D eigenvalue weighted by molar-refractivity contribution is 0.660. The maximum Gasteiger partial charge on any atom is 0.0465 e. The van der Waals surface area contributed by atoms with Gasteiger partial charge in [0.25, 0.3) is 0 Å². The van der Waals surface area contributed by atoms with E-state index in [1.807, 2.05) is 0 Å². The number of hydrogen-bond donors (Lipinski definition) is 0. The maximum absolute atomic E-state index is 2.48. The molecule has 0 spiro atoms. The average Bonchev–Trinajstić information content (AvgIpc) is 3.67. The molecule has 0 aliphatic heterocycles. The van der Waals surface area contributed by atoms with Gasteiger partial charge in [0.15, 0.2) is 0 Å². The smallest absolute Gasteiger partial charge is 0.0465 e. The van der Waals surface area contributed by atoms with Crippen molar-refractivity contribution in [2.24, 2.45) is 0 Å². The lowest BCUT2D eigenvalue weighted by Gasteiger charge is -2.28. The summed E-state index contributed by atoms with van der Waals surface area (Å²) in [7, 11) is 0. The zero-order valence-corrected chi connectivity index (χ0v) is 35.0. The molecule has 2 aliphatic rings. The lowest BCUT2D eigenvalue weighted by Crippen LogP contribution is -2.16. The van der Waals surface area contributed by atoms with Gasteiger partial charge in [-0.2, -0.15) is 0 Å². The van der Waals surface area contributed by atoms with E-state index in [1.54, 1.807) is 0 Å². The van der Waals surface area contributed by atoms with Crippen LogP contribution in [-0.2, 0) is 10.8 Å². The molecule has 10 aromatic rings. The van der Waals surface area contributed by atoms with Crippen LogP contribution >= 0.6 is 0 Å². The Bertz CT molecular complexity index is 3370. The van der Waals surface area contributed by atoms with E-state index in [0.717, 1.165) is 17.1 Å². The third-order valence-corrected chi connectivity index (χ3v) is 14.0. The molecule has 0 bridgehead atoms. The molecule has 12 rings (SSSR count). The van der Waals surface area contributed by atoms with Crippen molar-refractivity contribution in [3.8, 4) is 44.5 Å². The minimum Gasteiger partial charge on any atom is -0.310 e. The fraction of sp³-hybridized carbons (Fsp3) is 0.100. The molecule has 0 unspecified atom stereocenters. The minimum atomic E-state index is -0.199. The van der Waals surface area contributed by atoms with Gasteiger partial charge < -0.3 is 4.90 Å². The normalized spacial score (nSPS) is 14.2. The molecule has 290 valence electrons. The van der Waals surface area contributed by atoms with Crippen molar-refractivity contribution >= 4 is 49.4 Å². The van der Waals surface area contributed by atoms with Crippen molar-refractivity contribution in [1.29, 1.82) is 0 Å². The summed E-state index contributed by atoms with van der Waals surface area (Å²) in [6.07, 6.45) is 0. The van der Waals surface area contributed by atoms with Gasteiger partial charge in [-0.3, -0.25) is 0 Å². The number of nitrogens with zero attached hydrogens (tertiary/aromatic N) is 1. The second kappa shape index (κ2) is 13.1. The highest BCUT2D eigenvalue weighted by Gasteiger charge is 2.37. The summed E-state index contributed by atoms with van der Waals surface area (Å²) in [5, 5.41) is 7.71. The van der Waals surface area contributed by atoms with E-state index < -0.39 is 0 Å². The van der Waals surface area contributed by atoms with Crippen LogP contribution in [0.3, 0.4) is 0 Å². The fourth-order valence-electron chi connectivity index (χ4n) is 10.9. The molecule has 1 nitrogen and oxygen atoms in total. The molecule has 0 N–H and O–H groups in total. The van der Waals surface area contributed by atoms with Crippen LogP contribution in [0.25, 0.3) is 76.8 Å². The van der Waals surface area contributed by atoms with Crippen LogP contribution in [0.4, 0.5) is 17.1 Å². The average molecular weight is 780 g/mol. The number of benzene rings is 10. The van der Waals surface area contributed by atoms with Gasteiger partial charge in [-0.1, -0.05) is 167 Å². The molecular formula is C60H45N. The molecule has 0 fully saturated rings. The van der Waals surface area contributed by atoms with Crippen molar-refractivity contribution in [1.82, 2.24) is 0 Å². The molecule has 10 aromatic carbocycles. The number of fused-ring (bicyclic) bond motifs is 11. The van der Waals surface area contributed by atoms with Crippen LogP contribution in [0, 0.1) is 0 Å². The quantitative estimate of drug-likeness (QED) is 0.157. The van der Waals surface area contributed by atoms with Gasteiger partial charge >= 0.3 is 0 Å². The number of para-hydroxylation sites is 2. The zero-order chi connectivity index (χ0) is 41.0. The first-order chi connectivity index (χ1) is 29.8. The van der Waals surface area contributed by atoms with E-state index >= 15 is 0 Å². The Balaban J connectivity index is 0.998. The first-order valence-corrected chi connectivity index (χ1v) is 21.6. The van der Waals surface area contributed by atoms with E-state index in [4.69, 9.17) is 0 Å². The molecule has 2 aliphatic carbocycles. The molecule has 0 saturated heterocycles. The van der Waals surface area contributed by atoms with Gasteiger partial charge in [0.1, 0.15) is 0 Å². The van der Waals surface area contributed by atoms with Crippen LogP contribution in [0.2, 0.25) is 0 Å². The standard InChI is InChI=1S/C60H45N/c1-59(2)55-26-16-15-25-47(55)48-30-27-38(33-56(48)59)51-36-53-46-24-14-12-22-44(46)52(37-54(53)45-23-13-11-21-43(45)51)39-28-31-49-50-32-29-42(35-58(50)60(3,4)57(49)34-39)61(40-17-7-5-8-18-40)41-19-9-6-10-20-41/h5-37H,1-4H3. The van der Waals surface area contributed by atoms with Gasteiger partial charge in [0.05, 0.1) is 0 Å². The highest BCUT2D eigenvalue weighted by molar-refractivity contribution is 6.24. The van der Waals surface area contributed by atoms with Gasteiger partial charge in [-0.05, 0) is 160 Å². The van der Waals surface area contributed by atoms with Gasteiger partial charge in [-0.15, -0.1) is 0 Å². The van der Waals surface area contributed by atoms with Gasteiger partial charge in [0.2, 0.25) is 0 Å². The second-order valence-electron chi connectivity index (χ2n) is 18.1. The Morgan fingerprint density at radius 2 is 0.656 bits per heavy atom. The van der Waals surface area contributed by atoms with E-state index in [2.05, 4.69) is 233 Å². The van der Waals surface area contributed by atoms with Crippen molar-refractivity contribution < 1.29 is 0 Å². The summed E-state index contributed by atoms with van der Waals surface area (Å²) in [4.78, 5) is 2.37. The summed E-state index contributed by atoms with van der Waals surface area (Å²) < 4.78 is 0. The predicted molar refractivity (Wildman–Crippen MR) is 260 cm³/mol. The molecule has 0 atom stereocenters. The van der Waals surface area contributed by atoms with Crippen molar-refractivity contribution in [3.63, 3.8) is 0 Å². The topological polar surface area (TPSA) is 3.24 Å².